The Bertz CT molecular complexity index is 554. The number of rotatable bonds is 3. The summed E-state index contributed by atoms with van der Waals surface area (Å²) in [6, 6.07) is 9.89. The molecule has 3 unspecified atom stereocenters. The average Bonchev–Trinajstić information content (AvgIpc) is 2.86. The standard InChI is InChI=1S/C18H24N2O2.ClH/c21-18(20-15-9-13-5-6-14(10-15)19-13)11-17-16-4-2-1-3-12(16)7-8-22-17;/h1-4,13-15,17,19H,5-11H2,(H,20,21);1H. The van der Waals surface area contributed by atoms with Crippen molar-refractivity contribution in [3.63, 3.8) is 0 Å². The molecule has 2 bridgehead atoms. The molecule has 0 spiro atoms. The normalized spacial score (nSPS) is 31.8. The van der Waals surface area contributed by atoms with Gasteiger partial charge in [-0.15, -0.1) is 12.4 Å². The van der Waals surface area contributed by atoms with Crippen LogP contribution in [0.15, 0.2) is 24.3 Å². The third-order valence-corrected chi connectivity index (χ3v) is 5.30. The maximum atomic E-state index is 12.4. The summed E-state index contributed by atoms with van der Waals surface area (Å²) in [6.45, 7) is 0.715. The van der Waals surface area contributed by atoms with Gasteiger partial charge in [-0.25, -0.2) is 0 Å². The van der Waals surface area contributed by atoms with E-state index in [1.165, 1.54) is 24.0 Å². The number of carbonyl (C=O) groups excluding carboxylic acids is 1. The number of nitrogens with one attached hydrogen (secondary N) is 2. The molecule has 5 heteroatoms. The summed E-state index contributed by atoms with van der Waals surface area (Å²) in [4.78, 5) is 12.4. The van der Waals surface area contributed by atoms with Crippen LogP contribution >= 0.6 is 12.4 Å². The topological polar surface area (TPSA) is 50.4 Å². The zero-order valence-corrected chi connectivity index (χ0v) is 14.1. The molecule has 23 heavy (non-hydrogen) atoms. The Balaban J connectivity index is 0.00000156. The SMILES string of the molecule is Cl.O=C(CC1OCCc2ccccc21)NC1CC2CCC(C1)N2. The Morgan fingerprint density at radius 2 is 1.96 bits per heavy atom. The molecule has 126 valence electrons. The molecule has 2 fully saturated rings. The number of fused-ring (bicyclic) bond motifs is 3. The predicted octanol–water partition coefficient (Wildman–Crippen LogP) is 2.51. The van der Waals surface area contributed by atoms with E-state index in [-0.39, 0.29) is 24.4 Å². The van der Waals surface area contributed by atoms with Crippen LogP contribution in [0.1, 0.15) is 49.3 Å². The highest BCUT2D eigenvalue weighted by Gasteiger charge is 2.34. The van der Waals surface area contributed by atoms with Crippen LogP contribution in [-0.2, 0) is 16.0 Å². The van der Waals surface area contributed by atoms with Crippen LogP contribution in [0.5, 0.6) is 0 Å². The molecular weight excluding hydrogens is 312 g/mol. The van der Waals surface area contributed by atoms with Crippen LogP contribution in [0.3, 0.4) is 0 Å². The van der Waals surface area contributed by atoms with Crippen LogP contribution in [-0.4, -0.2) is 30.6 Å². The lowest BCUT2D eigenvalue weighted by Crippen LogP contribution is -2.48. The number of hydrogen-bond donors (Lipinski definition) is 2. The van der Waals surface area contributed by atoms with E-state index in [0.717, 1.165) is 19.3 Å². The summed E-state index contributed by atoms with van der Waals surface area (Å²) >= 11 is 0. The van der Waals surface area contributed by atoms with Gasteiger partial charge in [0.1, 0.15) is 0 Å². The van der Waals surface area contributed by atoms with E-state index >= 15 is 0 Å². The van der Waals surface area contributed by atoms with Gasteiger partial charge in [-0.3, -0.25) is 4.79 Å². The van der Waals surface area contributed by atoms with Gasteiger partial charge in [-0.1, -0.05) is 24.3 Å². The highest BCUT2D eigenvalue weighted by atomic mass is 35.5. The minimum atomic E-state index is -0.0802. The van der Waals surface area contributed by atoms with E-state index in [4.69, 9.17) is 4.74 Å². The average molecular weight is 337 g/mol. The van der Waals surface area contributed by atoms with Crippen molar-refractivity contribution in [1.29, 1.82) is 0 Å². The first-order valence-corrected chi connectivity index (χ1v) is 8.53. The van der Waals surface area contributed by atoms with Gasteiger partial charge in [0.15, 0.2) is 0 Å². The molecule has 3 aliphatic rings. The smallest absolute Gasteiger partial charge is 0.223 e. The first-order valence-electron chi connectivity index (χ1n) is 8.53. The summed E-state index contributed by atoms with van der Waals surface area (Å²) in [6.07, 6.45) is 5.98. The van der Waals surface area contributed by atoms with E-state index < -0.39 is 0 Å². The fourth-order valence-electron chi connectivity index (χ4n) is 4.28. The zero-order chi connectivity index (χ0) is 14.9. The minimum Gasteiger partial charge on any atom is -0.373 e. The van der Waals surface area contributed by atoms with Gasteiger partial charge < -0.3 is 15.4 Å². The first kappa shape index (κ1) is 16.7. The second kappa shape index (κ2) is 7.20. The highest BCUT2D eigenvalue weighted by molar-refractivity contribution is 5.85. The van der Waals surface area contributed by atoms with Crippen LogP contribution in [0.4, 0.5) is 0 Å². The summed E-state index contributed by atoms with van der Waals surface area (Å²) in [5.74, 6) is 0.132. The molecular formula is C18H25ClN2O2. The molecule has 2 saturated heterocycles. The largest absolute Gasteiger partial charge is 0.373 e. The molecule has 0 aromatic heterocycles. The number of carbonyl (C=O) groups is 1. The molecule has 0 radical (unpaired) electrons. The van der Waals surface area contributed by atoms with E-state index in [1.807, 2.05) is 6.07 Å². The molecule has 1 aromatic carbocycles. The van der Waals surface area contributed by atoms with Crippen molar-refractivity contribution in [2.75, 3.05) is 6.61 Å². The van der Waals surface area contributed by atoms with E-state index in [0.29, 0.717) is 31.2 Å². The van der Waals surface area contributed by atoms with Crippen molar-refractivity contribution in [2.24, 2.45) is 0 Å². The lowest BCUT2D eigenvalue weighted by atomic mass is 9.95. The maximum absolute atomic E-state index is 12.4. The third-order valence-electron chi connectivity index (χ3n) is 5.30. The van der Waals surface area contributed by atoms with Crippen molar-refractivity contribution in [2.45, 2.75) is 62.8 Å². The quantitative estimate of drug-likeness (QED) is 0.891. The zero-order valence-electron chi connectivity index (χ0n) is 13.3. The number of benzene rings is 1. The van der Waals surface area contributed by atoms with Crippen LogP contribution in [0.25, 0.3) is 0 Å². The Morgan fingerprint density at radius 3 is 2.74 bits per heavy atom. The summed E-state index contributed by atoms with van der Waals surface area (Å²) in [5.41, 5.74) is 2.51. The second-order valence-electron chi connectivity index (χ2n) is 6.89. The number of hydrogen-bond acceptors (Lipinski definition) is 3. The van der Waals surface area contributed by atoms with E-state index in [2.05, 4.69) is 28.8 Å². The summed E-state index contributed by atoms with van der Waals surface area (Å²) < 4.78 is 5.85. The number of piperidine rings is 1. The lowest BCUT2D eigenvalue weighted by molar-refractivity contribution is -0.125. The minimum absolute atomic E-state index is 0. The Labute approximate surface area is 143 Å². The molecule has 4 rings (SSSR count). The van der Waals surface area contributed by atoms with Crippen molar-refractivity contribution < 1.29 is 9.53 Å². The number of ether oxygens (including phenoxy) is 1. The maximum Gasteiger partial charge on any atom is 0.223 e. The van der Waals surface area contributed by atoms with E-state index in [1.54, 1.807) is 0 Å². The molecule has 1 aromatic rings. The van der Waals surface area contributed by atoms with Gasteiger partial charge in [-0.2, -0.15) is 0 Å². The fraction of sp³-hybridized carbons (Fsp3) is 0.611. The van der Waals surface area contributed by atoms with Gasteiger partial charge in [0.05, 0.1) is 19.1 Å². The summed E-state index contributed by atoms with van der Waals surface area (Å²) in [5, 5.41) is 6.85. The summed E-state index contributed by atoms with van der Waals surface area (Å²) in [7, 11) is 0. The highest BCUT2D eigenvalue weighted by Crippen LogP contribution is 2.30. The van der Waals surface area contributed by atoms with Crippen LogP contribution < -0.4 is 10.6 Å². The molecule has 0 aliphatic carbocycles. The molecule has 2 N–H and O–H groups in total. The lowest BCUT2D eigenvalue weighted by Gasteiger charge is -2.31. The second-order valence-corrected chi connectivity index (χ2v) is 6.89. The van der Waals surface area contributed by atoms with Crippen LogP contribution in [0, 0.1) is 0 Å². The van der Waals surface area contributed by atoms with Gasteiger partial charge >= 0.3 is 0 Å². The van der Waals surface area contributed by atoms with Gasteiger partial charge in [0, 0.05) is 18.1 Å². The van der Waals surface area contributed by atoms with Crippen molar-refractivity contribution >= 4 is 18.3 Å². The Hall–Kier alpha value is -1.10. The molecule has 4 nitrogen and oxygen atoms in total. The third kappa shape index (κ3) is 3.70. The van der Waals surface area contributed by atoms with Gasteiger partial charge in [0.25, 0.3) is 0 Å². The van der Waals surface area contributed by atoms with Crippen molar-refractivity contribution in [3.05, 3.63) is 35.4 Å². The Morgan fingerprint density at radius 1 is 1.22 bits per heavy atom. The fourth-order valence-corrected chi connectivity index (χ4v) is 4.28. The molecule has 3 atom stereocenters. The number of halogens is 1. The van der Waals surface area contributed by atoms with Crippen molar-refractivity contribution in [3.8, 4) is 0 Å². The van der Waals surface area contributed by atoms with Gasteiger partial charge in [-0.05, 0) is 43.2 Å². The first-order chi connectivity index (χ1) is 10.8. The van der Waals surface area contributed by atoms with Crippen molar-refractivity contribution in [1.82, 2.24) is 10.6 Å². The predicted molar refractivity (Wildman–Crippen MR) is 91.8 cm³/mol. The Kier molecular flexibility index (Phi) is 5.24. The monoisotopic (exact) mass is 336 g/mol. The molecule has 0 saturated carbocycles. The molecule has 3 heterocycles. The molecule has 1 amide bonds. The van der Waals surface area contributed by atoms with Crippen LogP contribution in [0.2, 0.25) is 0 Å². The van der Waals surface area contributed by atoms with E-state index in [9.17, 15) is 4.79 Å². The van der Waals surface area contributed by atoms with Gasteiger partial charge in [0.2, 0.25) is 5.91 Å². The number of amides is 1. The molecule has 3 aliphatic heterocycles.